The predicted molar refractivity (Wildman–Crippen MR) is 72.2 cm³/mol. The van der Waals surface area contributed by atoms with Gasteiger partial charge in [-0.25, -0.2) is 0 Å². The van der Waals surface area contributed by atoms with Crippen molar-refractivity contribution in [3.8, 4) is 0 Å². The second kappa shape index (κ2) is 6.02. The molecule has 0 aromatic heterocycles. The van der Waals surface area contributed by atoms with Gasteiger partial charge >= 0.3 is 0 Å². The number of hydrogen-bond acceptors (Lipinski definition) is 1. The van der Waals surface area contributed by atoms with E-state index in [0.717, 1.165) is 5.57 Å². The molecule has 1 heteroatoms. The lowest BCUT2D eigenvalue weighted by molar-refractivity contribution is 0.0263. The van der Waals surface area contributed by atoms with Crippen molar-refractivity contribution in [2.75, 3.05) is 6.61 Å². The van der Waals surface area contributed by atoms with Gasteiger partial charge in [0.15, 0.2) is 0 Å². The molecule has 1 aliphatic carbocycles. The third-order valence-corrected chi connectivity index (χ3v) is 3.47. The number of benzene rings is 1. The molecule has 1 nitrogen and oxygen atoms in total. The lowest BCUT2D eigenvalue weighted by Gasteiger charge is -2.32. The van der Waals surface area contributed by atoms with Crippen LogP contribution in [0, 0.1) is 0 Å². The van der Waals surface area contributed by atoms with Crippen molar-refractivity contribution in [1.29, 1.82) is 0 Å². The fraction of sp³-hybridized carbons (Fsp3) is 0.500. The molecule has 0 radical (unpaired) electrons. The van der Waals surface area contributed by atoms with Crippen molar-refractivity contribution in [3.05, 3.63) is 48.0 Å². The molecular weight excluding hydrogens is 208 g/mol. The van der Waals surface area contributed by atoms with Gasteiger partial charge in [-0.1, -0.05) is 55.3 Å². The third kappa shape index (κ3) is 3.44. The Morgan fingerprint density at radius 2 is 1.94 bits per heavy atom. The first-order valence-corrected chi connectivity index (χ1v) is 6.58. The molecule has 0 bridgehead atoms. The molecule has 0 aliphatic heterocycles. The monoisotopic (exact) mass is 230 g/mol. The Hall–Kier alpha value is -1.08. The summed E-state index contributed by atoms with van der Waals surface area (Å²) in [7, 11) is 0. The van der Waals surface area contributed by atoms with Crippen LogP contribution in [0.2, 0.25) is 0 Å². The minimum Gasteiger partial charge on any atom is -0.373 e. The standard InChI is InChI=1S/C16H22O/c1-13(2)12-17-16-11-7-6-10-15(16)14-8-4-3-5-9-14/h3-5,8-9,15-16H,1,6-7,10-12H2,2H3/t15-,16+/m0/s1. The molecule has 1 saturated carbocycles. The van der Waals surface area contributed by atoms with Gasteiger partial charge in [0, 0.05) is 5.92 Å². The minimum absolute atomic E-state index is 0.378. The molecule has 0 heterocycles. The van der Waals surface area contributed by atoms with Crippen LogP contribution in [-0.4, -0.2) is 12.7 Å². The molecule has 0 spiro atoms. The topological polar surface area (TPSA) is 9.23 Å². The minimum atomic E-state index is 0.378. The predicted octanol–water partition coefficient (Wildman–Crippen LogP) is 4.31. The summed E-state index contributed by atoms with van der Waals surface area (Å²) in [4.78, 5) is 0. The molecule has 0 saturated heterocycles. The van der Waals surface area contributed by atoms with Crippen LogP contribution >= 0.6 is 0 Å². The van der Waals surface area contributed by atoms with Crippen molar-refractivity contribution in [1.82, 2.24) is 0 Å². The molecule has 2 atom stereocenters. The van der Waals surface area contributed by atoms with Crippen molar-refractivity contribution in [2.45, 2.75) is 44.6 Å². The summed E-state index contributed by atoms with van der Waals surface area (Å²) < 4.78 is 6.01. The van der Waals surface area contributed by atoms with Gasteiger partial charge in [0.2, 0.25) is 0 Å². The van der Waals surface area contributed by atoms with Gasteiger partial charge < -0.3 is 4.74 Å². The highest BCUT2D eigenvalue weighted by Crippen LogP contribution is 2.34. The molecule has 1 aromatic carbocycles. The van der Waals surface area contributed by atoms with E-state index in [1.807, 2.05) is 6.92 Å². The highest BCUT2D eigenvalue weighted by Gasteiger charge is 2.26. The van der Waals surface area contributed by atoms with Gasteiger partial charge in [0.1, 0.15) is 0 Å². The van der Waals surface area contributed by atoms with Gasteiger partial charge in [-0.2, -0.15) is 0 Å². The van der Waals surface area contributed by atoms with E-state index in [2.05, 4.69) is 36.9 Å². The van der Waals surface area contributed by atoms with E-state index in [-0.39, 0.29) is 0 Å². The fourth-order valence-electron chi connectivity index (χ4n) is 2.63. The number of hydrogen-bond donors (Lipinski definition) is 0. The molecule has 0 N–H and O–H groups in total. The van der Waals surface area contributed by atoms with Crippen LogP contribution in [0.5, 0.6) is 0 Å². The third-order valence-electron chi connectivity index (χ3n) is 3.47. The summed E-state index contributed by atoms with van der Waals surface area (Å²) in [5, 5.41) is 0. The van der Waals surface area contributed by atoms with Gasteiger partial charge in [0.05, 0.1) is 12.7 Å². The Morgan fingerprint density at radius 1 is 1.24 bits per heavy atom. The van der Waals surface area contributed by atoms with Crippen molar-refractivity contribution >= 4 is 0 Å². The lowest BCUT2D eigenvalue weighted by atomic mass is 9.81. The van der Waals surface area contributed by atoms with Crippen LogP contribution < -0.4 is 0 Å². The summed E-state index contributed by atoms with van der Waals surface area (Å²) in [6.07, 6.45) is 5.44. The van der Waals surface area contributed by atoms with Gasteiger partial charge in [-0.3, -0.25) is 0 Å². The van der Waals surface area contributed by atoms with E-state index in [0.29, 0.717) is 18.6 Å². The summed E-state index contributed by atoms with van der Waals surface area (Å²) in [5.41, 5.74) is 2.54. The maximum atomic E-state index is 6.01. The van der Waals surface area contributed by atoms with Gasteiger partial charge in [0.25, 0.3) is 0 Å². The van der Waals surface area contributed by atoms with Crippen molar-refractivity contribution in [2.24, 2.45) is 0 Å². The first-order valence-electron chi connectivity index (χ1n) is 6.58. The maximum absolute atomic E-state index is 6.01. The summed E-state index contributed by atoms with van der Waals surface area (Å²) >= 11 is 0. The van der Waals surface area contributed by atoms with Crippen LogP contribution in [-0.2, 0) is 4.74 Å². The molecule has 0 amide bonds. The highest BCUT2D eigenvalue weighted by atomic mass is 16.5. The Morgan fingerprint density at radius 3 is 2.65 bits per heavy atom. The van der Waals surface area contributed by atoms with Crippen molar-refractivity contribution < 1.29 is 4.74 Å². The Balaban J connectivity index is 2.04. The van der Waals surface area contributed by atoms with E-state index < -0.39 is 0 Å². The SMILES string of the molecule is C=C(C)CO[C@@H]1CCCC[C@H]1c1ccccc1. The smallest absolute Gasteiger partial charge is 0.0675 e. The molecule has 1 aliphatic rings. The molecular formula is C16H22O. The van der Waals surface area contributed by atoms with E-state index in [1.165, 1.54) is 31.2 Å². The normalized spacial score (nSPS) is 24.5. The lowest BCUT2D eigenvalue weighted by Crippen LogP contribution is -2.26. The number of rotatable bonds is 4. The second-order valence-corrected chi connectivity index (χ2v) is 5.11. The number of ether oxygens (including phenoxy) is 1. The molecule has 1 aromatic rings. The Labute approximate surface area is 104 Å². The molecule has 1 fully saturated rings. The summed E-state index contributed by atoms with van der Waals surface area (Å²) in [6, 6.07) is 10.8. The average molecular weight is 230 g/mol. The second-order valence-electron chi connectivity index (χ2n) is 5.11. The fourth-order valence-corrected chi connectivity index (χ4v) is 2.63. The highest BCUT2D eigenvalue weighted by molar-refractivity contribution is 5.21. The summed E-state index contributed by atoms with van der Waals surface area (Å²) in [6.45, 7) is 6.64. The molecule has 92 valence electrons. The Bertz CT molecular complexity index is 355. The van der Waals surface area contributed by atoms with E-state index in [4.69, 9.17) is 4.74 Å². The zero-order chi connectivity index (χ0) is 12.1. The van der Waals surface area contributed by atoms with E-state index in [9.17, 15) is 0 Å². The zero-order valence-electron chi connectivity index (χ0n) is 10.7. The zero-order valence-corrected chi connectivity index (χ0v) is 10.7. The van der Waals surface area contributed by atoms with Gasteiger partial charge in [-0.05, 0) is 25.3 Å². The van der Waals surface area contributed by atoms with Crippen LogP contribution in [0.4, 0.5) is 0 Å². The molecule has 0 unspecified atom stereocenters. The van der Waals surface area contributed by atoms with Crippen LogP contribution in [0.15, 0.2) is 42.5 Å². The molecule has 2 rings (SSSR count). The van der Waals surface area contributed by atoms with Crippen LogP contribution in [0.3, 0.4) is 0 Å². The quantitative estimate of drug-likeness (QED) is 0.700. The Kier molecular flexibility index (Phi) is 4.38. The van der Waals surface area contributed by atoms with Gasteiger partial charge in [-0.15, -0.1) is 0 Å². The first-order chi connectivity index (χ1) is 8.27. The van der Waals surface area contributed by atoms with E-state index >= 15 is 0 Å². The van der Waals surface area contributed by atoms with Crippen LogP contribution in [0.25, 0.3) is 0 Å². The largest absolute Gasteiger partial charge is 0.373 e. The maximum Gasteiger partial charge on any atom is 0.0675 e. The van der Waals surface area contributed by atoms with Crippen molar-refractivity contribution in [3.63, 3.8) is 0 Å². The average Bonchev–Trinajstić information content (AvgIpc) is 2.38. The van der Waals surface area contributed by atoms with Crippen LogP contribution in [0.1, 0.15) is 44.1 Å². The molecule has 17 heavy (non-hydrogen) atoms. The van der Waals surface area contributed by atoms with E-state index in [1.54, 1.807) is 0 Å². The summed E-state index contributed by atoms with van der Waals surface area (Å²) in [5.74, 6) is 0.573. The first kappa shape index (κ1) is 12.4.